The number of benzene rings is 1. The molecule has 0 N–H and O–H groups in total. The Kier molecular flexibility index (Phi) is 7.21. The van der Waals surface area contributed by atoms with E-state index in [1.165, 1.54) is 0 Å². The summed E-state index contributed by atoms with van der Waals surface area (Å²) >= 11 is 6.03. The molecule has 6 nitrogen and oxygen atoms in total. The molecule has 1 aromatic rings. The van der Waals surface area contributed by atoms with Gasteiger partial charge >= 0.3 is 6.09 Å². The Morgan fingerprint density at radius 3 is 2.39 bits per heavy atom. The van der Waals surface area contributed by atoms with E-state index in [4.69, 9.17) is 21.1 Å². The third-order valence-electron chi connectivity index (χ3n) is 4.80. The largest absolute Gasteiger partial charge is 0.481 e. The van der Waals surface area contributed by atoms with E-state index in [0.29, 0.717) is 36.7 Å². The molecule has 1 fully saturated rings. The lowest BCUT2D eigenvalue weighted by molar-refractivity contribution is -0.139. The van der Waals surface area contributed by atoms with Crippen molar-refractivity contribution in [3.63, 3.8) is 0 Å². The van der Waals surface area contributed by atoms with Gasteiger partial charge in [-0.1, -0.05) is 11.6 Å². The first-order chi connectivity index (χ1) is 13.0. The molecule has 1 atom stereocenters. The second kappa shape index (κ2) is 9.03. The topological polar surface area (TPSA) is 59.1 Å². The molecule has 1 saturated heterocycles. The maximum Gasteiger partial charge on any atom is 0.410 e. The van der Waals surface area contributed by atoms with Crippen LogP contribution in [-0.2, 0) is 9.53 Å². The van der Waals surface area contributed by atoms with Gasteiger partial charge in [0.1, 0.15) is 11.4 Å². The van der Waals surface area contributed by atoms with Crippen LogP contribution in [0.3, 0.4) is 0 Å². The minimum absolute atomic E-state index is 0.0733. The molecule has 156 valence electrons. The van der Waals surface area contributed by atoms with Crippen molar-refractivity contribution in [2.75, 3.05) is 20.1 Å². The molecule has 1 aromatic carbocycles. The van der Waals surface area contributed by atoms with Gasteiger partial charge in [0, 0.05) is 31.2 Å². The Morgan fingerprint density at radius 2 is 1.86 bits per heavy atom. The number of likely N-dealkylation sites (tertiary alicyclic amines) is 1. The highest BCUT2D eigenvalue weighted by Crippen LogP contribution is 2.23. The summed E-state index contributed by atoms with van der Waals surface area (Å²) < 4.78 is 11.2. The minimum Gasteiger partial charge on any atom is -0.481 e. The van der Waals surface area contributed by atoms with Crippen LogP contribution in [0, 0.1) is 6.92 Å². The summed E-state index contributed by atoms with van der Waals surface area (Å²) in [6.07, 6.45) is 0.534. The van der Waals surface area contributed by atoms with E-state index in [1.807, 2.05) is 33.8 Å². The van der Waals surface area contributed by atoms with E-state index >= 15 is 0 Å². The zero-order valence-corrected chi connectivity index (χ0v) is 18.4. The van der Waals surface area contributed by atoms with E-state index < -0.39 is 11.7 Å². The second-order valence-electron chi connectivity index (χ2n) is 8.32. The molecule has 0 radical (unpaired) electrons. The first-order valence-electron chi connectivity index (χ1n) is 9.65. The third kappa shape index (κ3) is 6.03. The lowest BCUT2D eigenvalue weighted by atomic mass is 10.0. The summed E-state index contributed by atoms with van der Waals surface area (Å²) in [4.78, 5) is 28.4. The molecule has 2 amide bonds. The molecule has 1 heterocycles. The number of hydrogen-bond acceptors (Lipinski definition) is 4. The monoisotopic (exact) mass is 410 g/mol. The quantitative estimate of drug-likeness (QED) is 0.743. The average Bonchev–Trinajstić information content (AvgIpc) is 2.62. The molecule has 28 heavy (non-hydrogen) atoms. The van der Waals surface area contributed by atoms with E-state index in [0.717, 1.165) is 5.56 Å². The molecule has 2 rings (SSSR count). The average molecular weight is 411 g/mol. The first-order valence-corrected chi connectivity index (χ1v) is 10.0. The number of nitrogens with zero attached hydrogens (tertiary/aromatic N) is 2. The minimum atomic E-state index is -0.602. The Balaban J connectivity index is 1.88. The predicted molar refractivity (Wildman–Crippen MR) is 110 cm³/mol. The zero-order valence-electron chi connectivity index (χ0n) is 17.6. The predicted octanol–water partition coefficient (Wildman–Crippen LogP) is 4.27. The summed E-state index contributed by atoms with van der Waals surface area (Å²) in [6, 6.07) is 5.42. The highest BCUT2D eigenvalue weighted by atomic mass is 35.5. The number of piperidine rings is 1. The summed E-state index contributed by atoms with van der Waals surface area (Å²) in [5.74, 6) is 0.541. The van der Waals surface area contributed by atoms with Gasteiger partial charge in [0.15, 0.2) is 6.10 Å². The van der Waals surface area contributed by atoms with Crippen molar-refractivity contribution < 1.29 is 19.1 Å². The molecule has 1 aliphatic rings. The number of amides is 2. The van der Waals surface area contributed by atoms with Gasteiger partial charge in [0.05, 0.1) is 0 Å². The lowest BCUT2D eigenvalue weighted by Crippen LogP contribution is -2.50. The van der Waals surface area contributed by atoms with Gasteiger partial charge in [-0.3, -0.25) is 4.79 Å². The van der Waals surface area contributed by atoms with Crippen LogP contribution >= 0.6 is 11.6 Å². The molecule has 0 spiro atoms. The normalized spacial score (nSPS) is 16.5. The summed E-state index contributed by atoms with van der Waals surface area (Å²) in [5.41, 5.74) is 0.398. The maximum absolute atomic E-state index is 12.8. The number of likely N-dealkylation sites (N-methyl/N-ethyl adjacent to an activating group) is 1. The van der Waals surface area contributed by atoms with Crippen LogP contribution in [-0.4, -0.2) is 59.7 Å². The van der Waals surface area contributed by atoms with Crippen LogP contribution in [0.15, 0.2) is 18.2 Å². The highest BCUT2D eigenvalue weighted by Gasteiger charge is 2.31. The number of aryl methyl sites for hydroxylation is 1. The molecule has 7 heteroatoms. The fourth-order valence-corrected chi connectivity index (χ4v) is 3.29. The van der Waals surface area contributed by atoms with Gasteiger partial charge in [0.25, 0.3) is 5.91 Å². The van der Waals surface area contributed by atoms with Crippen molar-refractivity contribution >= 4 is 23.6 Å². The highest BCUT2D eigenvalue weighted by molar-refractivity contribution is 6.31. The first kappa shape index (κ1) is 22.3. The molecule has 0 aromatic heterocycles. The Hall–Kier alpha value is -1.95. The number of rotatable bonds is 4. The van der Waals surface area contributed by atoms with Crippen molar-refractivity contribution in [3.8, 4) is 5.75 Å². The van der Waals surface area contributed by atoms with Crippen LogP contribution in [0.5, 0.6) is 5.75 Å². The number of carbonyl (C=O) groups excluding carboxylic acids is 2. The number of hydrogen-bond donors (Lipinski definition) is 0. The molecular formula is C21H31ClN2O4. The SMILES string of the molecule is Cc1cc(O[C@H](C)C(=O)N(C)C2CCN(C(=O)OC(C)(C)C)CC2)ccc1Cl. The van der Waals surface area contributed by atoms with Crippen LogP contribution in [0.4, 0.5) is 4.79 Å². The molecule has 0 bridgehead atoms. The van der Waals surface area contributed by atoms with Gasteiger partial charge in [0.2, 0.25) is 0 Å². The Labute approximate surface area is 172 Å². The fourth-order valence-electron chi connectivity index (χ4n) is 3.17. The molecule has 0 unspecified atom stereocenters. The van der Waals surface area contributed by atoms with Gasteiger partial charge < -0.3 is 19.3 Å². The molecular weight excluding hydrogens is 380 g/mol. The van der Waals surface area contributed by atoms with Gasteiger partial charge in [-0.25, -0.2) is 4.79 Å². The van der Waals surface area contributed by atoms with Crippen molar-refractivity contribution in [1.29, 1.82) is 0 Å². The van der Waals surface area contributed by atoms with Crippen molar-refractivity contribution in [2.24, 2.45) is 0 Å². The maximum atomic E-state index is 12.8. The van der Waals surface area contributed by atoms with Crippen LogP contribution in [0.2, 0.25) is 5.02 Å². The zero-order chi connectivity index (χ0) is 21.1. The van der Waals surface area contributed by atoms with Gasteiger partial charge in [-0.05, 0) is 71.2 Å². The van der Waals surface area contributed by atoms with Gasteiger partial charge in [-0.2, -0.15) is 0 Å². The van der Waals surface area contributed by atoms with Crippen molar-refractivity contribution in [2.45, 2.75) is 65.2 Å². The second-order valence-corrected chi connectivity index (χ2v) is 8.73. The summed E-state index contributed by atoms with van der Waals surface area (Å²) in [7, 11) is 1.79. The van der Waals surface area contributed by atoms with E-state index in [1.54, 1.807) is 35.9 Å². The van der Waals surface area contributed by atoms with Crippen LogP contribution in [0.1, 0.15) is 46.1 Å². The number of carbonyl (C=O) groups is 2. The Bertz CT molecular complexity index is 709. The molecule has 0 aliphatic carbocycles. The number of ether oxygens (including phenoxy) is 2. The van der Waals surface area contributed by atoms with Crippen LogP contribution < -0.4 is 4.74 Å². The smallest absolute Gasteiger partial charge is 0.410 e. The van der Waals surface area contributed by atoms with Crippen molar-refractivity contribution in [3.05, 3.63) is 28.8 Å². The molecule has 1 aliphatic heterocycles. The van der Waals surface area contributed by atoms with Gasteiger partial charge in [-0.15, -0.1) is 0 Å². The molecule has 0 saturated carbocycles. The fraction of sp³-hybridized carbons (Fsp3) is 0.619. The van der Waals surface area contributed by atoms with E-state index in [-0.39, 0.29) is 18.0 Å². The number of halogens is 1. The lowest BCUT2D eigenvalue weighted by Gasteiger charge is -2.38. The van der Waals surface area contributed by atoms with E-state index in [2.05, 4.69) is 0 Å². The van der Waals surface area contributed by atoms with E-state index in [9.17, 15) is 9.59 Å². The summed E-state index contributed by atoms with van der Waals surface area (Å²) in [5, 5.41) is 0.667. The summed E-state index contributed by atoms with van der Waals surface area (Å²) in [6.45, 7) is 10.4. The Morgan fingerprint density at radius 1 is 1.25 bits per heavy atom. The standard InChI is InChI=1S/C21H31ClN2O4/c1-14-13-17(7-8-18(14)22)27-15(2)19(25)23(6)16-9-11-24(12-10-16)20(26)28-21(3,4)5/h7-8,13,15-16H,9-12H2,1-6H3/t15-/m1/s1. The van der Waals surface area contributed by atoms with Crippen LogP contribution in [0.25, 0.3) is 0 Å². The van der Waals surface area contributed by atoms with Crippen molar-refractivity contribution in [1.82, 2.24) is 9.80 Å². The third-order valence-corrected chi connectivity index (χ3v) is 5.23.